The van der Waals surface area contributed by atoms with Crippen molar-refractivity contribution in [2.24, 2.45) is 5.41 Å². The molecule has 0 radical (unpaired) electrons. The van der Waals surface area contributed by atoms with Gasteiger partial charge in [-0.25, -0.2) is 0 Å². The maximum Gasteiger partial charge on any atom is 0.239 e. The molecule has 142 valence electrons. The van der Waals surface area contributed by atoms with Crippen LogP contribution < -0.4 is 16.0 Å². The minimum Gasteiger partial charge on any atom is -0.351 e. The summed E-state index contributed by atoms with van der Waals surface area (Å²) in [6.45, 7) is 6.90. The number of benzene rings is 2. The molecule has 27 heavy (non-hydrogen) atoms. The molecule has 0 aliphatic rings. The minimum atomic E-state index is -1.26. The molecular weight excluding hydrogens is 342 g/mol. The monoisotopic (exact) mass is 367 g/mol. The van der Waals surface area contributed by atoms with Crippen molar-refractivity contribution < 1.29 is 14.4 Å². The smallest absolute Gasteiger partial charge is 0.239 e. The van der Waals surface area contributed by atoms with Crippen molar-refractivity contribution in [2.75, 3.05) is 10.6 Å². The summed E-state index contributed by atoms with van der Waals surface area (Å²) >= 11 is 0. The van der Waals surface area contributed by atoms with Gasteiger partial charge in [0.05, 0.1) is 0 Å². The Morgan fingerprint density at radius 2 is 1.52 bits per heavy atom. The standard InChI is InChI=1S/C21H25N3O3/c1-14-7-5-8-16(11-14)13-22-19(26)21(3,4)20(27)24-18-10-6-9-17(12-18)23-15(2)25/h5-12H,13H2,1-4H3,(H,22,26)(H,23,25)(H,24,27). The molecule has 2 rings (SSSR count). The van der Waals surface area contributed by atoms with Crippen LogP contribution in [0.5, 0.6) is 0 Å². The zero-order valence-corrected chi connectivity index (χ0v) is 16.1. The molecule has 6 heteroatoms. The fourth-order valence-electron chi connectivity index (χ4n) is 2.49. The maximum atomic E-state index is 12.6. The van der Waals surface area contributed by atoms with Crippen molar-refractivity contribution in [2.45, 2.75) is 34.2 Å². The number of hydrogen-bond donors (Lipinski definition) is 3. The number of carbonyl (C=O) groups excluding carboxylic acids is 3. The Morgan fingerprint density at radius 3 is 2.15 bits per heavy atom. The van der Waals surface area contributed by atoms with Crippen LogP contribution in [0.3, 0.4) is 0 Å². The van der Waals surface area contributed by atoms with E-state index in [1.165, 1.54) is 6.92 Å². The topological polar surface area (TPSA) is 87.3 Å². The summed E-state index contributed by atoms with van der Waals surface area (Å²) in [6.07, 6.45) is 0. The first-order valence-corrected chi connectivity index (χ1v) is 8.71. The molecule has 0 aromatic heterocycles. The molecule has 3 N–H and O–H groups in total. The van der Waals surface area contributed by atoms with Gasteiger partial charge in [-0.15, -0.1) is 0 Å². The predicted molar refractivity (Wildman–Crippen MR) is 106 cm³/mol. The number of aryl methyl sites for hydroxylation is 1. The number of carbonyl (C=O) groups is 3. The Kier molecular flexibility index (Phi) is 6.34. The van der Waals surface area contributed by atoms with Gasteiger partial charge in [0.1, 0.15) is 5.41 Å². The van der Waals surface area contributed by atoms with Crippen LogP contribution in [0, 0.1) is 12.3 Å². The van der Waals surface area contributed by atoms with Crippen LogP contribution >= 0.6 is 0 Å². The number of anilines is 2. The summed E-state index contributed by atoms with van der Waals surface area (Å²) in [7, 11) is 0. The van der Waals surface area contributed by atoms with E-state index in [2.05, 4.69) is 16.0 Å². The van der Waals surface area contributed by atoms with Crippen LogP contribution in [0.15, 0.2) is 48.5 Å². The van der Waals surface area contributed by atoms with Crippen LogP contribution in [0.25, 0.3) is 0 Å². The zero-order valence-electron chi connectivity index (χ0n) is 16.1. The van der Waals surface area contributed by atoms with Gasteiger partial charge in [-0.3, -0.25) is 14.4 Å². The first kappa shape index (κ1) is 20.2. The second-order valence-electron chi connectivity index (χ2n) is 7.01. The Hall–Kier alpha value is -3.15. The molecule has 0 bridgehead atoms. The molecule has 2 aromatic carbocycles. The molecule has 3 amide bonds. The van der Waals surface area contributed by atoms with E-state index < -0.39 is 11.3 Å². The molecule has 0 unspecified atom stereocenters. The summed E-state index contributed by atoms with van der Waals surface area (Å²) in [5.74, 6) is -0.988. The van der Waals surface area contributed by atoms with Crippen molar-refractivity contribution >= 4 is 29.1 Å². The summed E-state index contributed by atoms with van der Waals surface area (Å²) in [5.41, 5.74) is 1.90. The first-order valence-electron chi connectivity index (χ1n) is 8.71. The van der Waals surface area contributed by atoms with E-state index in [1.54, 1.807) is 38.1 Å². The van der Waals surface area contributed by atoms with E-state index in [4.69, 9.17) is 0 Å². The summed E-state index contributed by atoms with van der Waals surface area (Å²) in [4.78, 5) is 36.3. The van der Waals surface area contributed by atoms with Crippen LogP contribution in [0.1, 0.15) is 31.9 Å². The second-order valence-corrected chi connectivity index (χ2v) is 7.01. The first-order chi connectivity index (χ1) is 12.7. The lowest BCUT2D eigenvalue weighted by atomic mass is 9.90. The highest BCUT2D eigenvalue weighted by Crippen LogP contribution is 2.21. The molecule has 2 aromatic rings. The molecule has 0 atom stereocenters. The lowest BCUT2D eigenvalue weighted by Gasteiger charge is -2.23. The number of nitrogens with one attached hydrogen (secondary N) is 3. The molecular formula is C21H25N3O3. The number of amides is 3. The molecule has 0 saturated carbocycles. The van der Waals surface area contributed by atoms with E-state index in [-0.39, 0.29) is 11.8 Å². The largest absolute Gasteiger partial charge is 0.351 e. The third-order valence-corrected chi connectivity index (χ3v) is 4.11. The molecule has 0 spiro atoms. The number of hydrogen-bond acceptors (Lipinski definition) is 3. The van der Waals surface area contributed by atoms with Gasteiger partial charge in [0.2, 0.25) is 17.7 Å². The summed E-state index contributed by atoms with van der Waals surface area (Å²) in [5, 5.41) is 8.20. The lowest BCUT2D eigenvalue weighted by molar-refractivity contribution is -0.138. The Morgan fingerprint density at radius 1 is 0.889 bits per heavy atom. The highest BCUT2D eigenvalue weighted by Gasteiger charge is 2.36. The molecule has 6 nitrogen and oxygen atoms in total. The lowest BCUT2D eigenvalue weighted by Crippen LogP contribution is -2.44. The van der Waals surface area contributed by atoms with E-state index in [0.717, 1.165) is 11.1 Å². The quantitative estimate of drug-likeness (QED) is 0.685. The van der Waals surface area contributed by atoms with Gasteiger partial charge < -0.3 is 16.0 Å². The van der Waals surface area contributed by atoms with Gasteiger partial charge in [-0.05, 0) is 44.5 Å². The number of rotatable bonds is 6. The summed E-state index contributed by atoms with van der Waals surface area (Å²) < 4.78 is 0. The maximum absolute atomic E-state index is 12.6. The predicted octanol–water partition coefficient (Wildman–Crippen LogP) is 3.23. The normalized spacial score (nSPS) is 10.8. The Balaban J connectivity index is 2.01. The summed E-state index contributed by atoms with van der Waals surface area (Å²) in [6, 6.07) is 14.6. The van der Waals surface area contributed by atoms with Gasteiger partial charge >= 0.3 is 0 Å². The van der Waals surface area contributed by atoms with Gasteiger partial charge in [0.25, 0.3) is 0 Å². The van der Waals surface area contributed by atoms with Crippen molar-refractivity contribution in [1.82, 2.24) is 5.32 Å². The van der Waals surface area contributed by atoms with E-state index in [1.807, 2.05) is 31.2 Å². The van der Waals surface area contributed by atoms with E-state index >= 15 is 0 Å². The minimum absolute atomic E-state index is 0.200. The van der Waals surface area contributed by atoms with Crippen molar-refractivity contribution in [1.29, 1.82) is 0 Å². The zero-order chi connectivity index (χ0) is 20.0. The van der Waals surface area contributed by atoms with Gasteiger partial charge in [-0.1, -0.05) is 35.9 Å². The van der Waals surface area contributed by atoms with E-state index in [0.29, 0.717) is 17.9 Å². The van der Waals surface area contributed by atoms with Crippen LogP contribution in [-0.4, -0.2) is 17.7 Å². The molecule has 0 fully saturated rings. The Labute approximate surface area is 159 Å². The van der Waals surface area contributed by atoms with Gasteiger partial charge in [0, 0.05) is 24.8 Å². The van der Waals surface area contributed by atoms with Gasteiger partial charge in [-0.2, -0.15) is 0 Å². The van der Waals surface area contributed by atoms with E-state index in [9.17, 15) is 14.4 Å². The molecule has 0 heterocycles. The van der Waals surface area contributed by atoms with Gasteiger partial charge in [0.15, 0.2) is 0 Å². The second kappa shape index (κ2) is 8.49. The highest BCUT2D eigenvalue weighted by molar-refractivity contribution is 6.10. The SMILES string of the molecule is CC(=O)Nc1cccc(NC(=O)C(C)(C)C(=O)NCc2cccc(C)c2)c1. The molecule has 0 aliphatic heterocycles. The fourth-order valence-corrected chi connectivity index (χ4v) is 2.49. The van der Waals surface area contributed by atoms with Crippen molar-refractivity contribution in [3.8, 4) is 0 Å². The van der Waals surface area contributed by atoms with Crippen molar-refractivity contribution in [3.05, 3.63) is 59.7 Å². The average molecular weight is 367 g/mol. The van der Waals surface area contributed by atoms with Crippen LogP contribution in [0.2, 0.25) is 0 Å². The van der Waals surface area contributed by atoms with Crippen molar-refractivity contribution in [3.63, 3.8) is 0 Å². The molecule has 0 aliphatic carbocycles. The van der Waals surface area contributed by atoms with Crippen LogP contribution in [-0.2, 0) is 20.9 Å². The highest BCUT2D eigenvalue weighted by atomic mass is 16.2. The third kappa shape index (κ3) is 5.67. The third-order valence-electron chi connectivity index (χ3n) is 4.11. The Bertz CT molecular complexity index is 859. The fraction of sp³-hybridized carbons (Fsp3) is 0.286. The molecule has 0 saturated heterocycles. The average Bonchev–Trinajstić information content (AvgIpc) is 2.59. The van der Waals surface area contributed by atoms with Crippen LogP contribution in [0.4, 0.5) is 11.4 Å².